The Labute approximate surface area is 174 Å². The molecule has 152 valence electrons. The Morgan fingerprint density at radius 1 is 1.07 bits per heavy atom. The van der Waals surface area contributed by atoms with E-state index in [9.17, 15) is 4.79 Å². The fraction of sp³-hybridized carbons (Fsp3) is 0.286. The third-order valence-corrected chi connectivity index (χ3v) is 4.61. The lowest BCUT2D eigenvalue weighted by molar-refractivity contribution is 0.0694. The number of hydrogen-bond donors (Lipinski definition) is 0. The molecule has 0 atom stereocenters. The first-order chi connectivity index (χ1) is 14.1. The number of halogens is 1. The maximum absolute atomic E-state index is 12.9. The normalized spacial score (nSPS) is 10.7. The van der Waals surface area contributed by atoms with Crippen LogP contribution in [0.25, 0.3) is 11.4 Å². The molecule has 29 heavy (non-hydrogen) atoms. The van der Waals surface area contributed by atoms with Gasteiger partial charge in [-0.3, -0.25) is 4.79 Å². The molecule has 0 bridgehead atoms. The molecule has 8 heteroatoms. The predicted octanol–water partition coefficient (Wildman–Crippen LogP) is 3.73. The maximum Gasteiger partial charge on any atom is 0.253 e. The van der Waals surface area contributed by atoms with Crippen molar-refractivity contribution in [3.05, 3.63) is 65.0 Å². The lowest BCUT2D eigenvalue weighted by Gasteiger charge is -2.22. The molecule has 0 spiro atoms. The van der Waals surface area contributed by atoms with Crippen molar-refractivity contribution in [2.45, 2.75) is 6.42 Å². The summed E-state index contributed by atoms with van der Waals surface area (Å²) in [6, 6.07) is 14.2. The Morgan fingerprint density at radius 3 is 2.45 bits per heavy atom. The molecule has 0 unspecified atom stereocenters. The minimum absolute atomic E-state index is 0.0952. The van der Waals surface area contributed by atoms with Crippen molar-refractivity contribution in [3.63, 3.8) is 0 Å². The smallest absolute Gasteiger partial charge is 0.253 e. The quantitative estimate of drug-likeness (QED) is 0.530. The van der Waals surface area contributed by atoms with Gasteiger partial charge in [0.1, 0.15) is 5.75 Å². The summed E-state index contributed by atoms with van der Waals surface area (Å²) in [6.07, 6.45) is 0.437. The third kappa shape index (κ3) is 5.56. The molecule has 0 aliphatic heterocycles. The number of benzene rings is 2. The number of nitrogens with zero attached hydrogens (tertiary/aromatic N) is 3. The summed E-state index contributed by atoms with van der Waals surface area (Å²) >= 11 is 5.91. The van der Waals surface area contributed by atoms with Crippen LogP contribution in [0.4, 0.5) is 0 Å². The average molecular weight is 416 g/mol. The van der Waals surface area contributed by atoms with E-state index in [-0.39, 0.29) is 5.91 Å². The molecule has 0 N–H and O–H groups in total. The predicted molar refractivity (Wildman–Crippen MR) is 109 cm³/mol. The Kier molecular flexibility index (Phi) is 7.21. The molecule has 1 aromatic heterocycles. The molecule has 1 amide bonds. The van der Waals surface area contributed by atoms with Crippen molar-refractivity contribution >= 4 is 17.5 Å². The van der Waals surface area contributed by atoms with Crippen molar-refractivity contribution in [2.24, 2.45) is 0 Å². The topological polar surface area (TPSA) is 77.7 Å². The molecule has 1 heterocycles. The van der Waals surface area contributed by atoms with E-state index in [1.807, 2.05) is 12.1 Å². The highest BCUT2D eigenvalue weighted by atomic mass is 35.5. The van der Waals surface area contributed by atoms with Crippen LogP contribution in [0.15, 0.2) is 53.1 Å². The molecule has 0 saturated carbocycles. The van der Waals surface area contributed by atoms with E-state index in [1.54, 1.807) is 55.5 Å². The molecular weight excluding hydrogens is 394 g/mol. The van der Waals surface area contributed by atoms with Gasteiger partial charge in [0.05, 0.1) is 13.7 Å². The van der Waals surface area contributed by atoms with Gasteiger partial charge in [0.2, 0.25) is 11.7 Å². The molecule has 3 aromatic rings. The number of ether oxygens (including phenoxy) is 2. The summed E-state index contributed by atoms with van der Waals surface area (Å²) in [5.74, 6) is 1.55. The molecule has 2 aromatic carbocycles. The lowest BCUT2D eigenvalue weighted by atomic mass is 10.2. The van der Waals surface area contributed by atoms with Crippen molar-refractivity contribution in [2.75, 3.05) is 33.9 Å². The number of carbonyl (C=O) groups is 1. The number of methoxy groups -OCH3 is 2. The van der Waals surface area contributed by atoms with Crippen LogP contribution >= 0.6 is 11.6 Å². The zero-order chi connectivity index (χ0) is 20.6. The number of amides is 1. The van der Waals surface area contributed by atoms with Crippen LogP contribution in [0, 0.1) is 0 Å². The second-order valence-corrected chi connectivity index (χ2v) is 6.72. The number of hydrogen-bond acceptors (Lipinski definition) is 6. The molecule has 3 rings (SSSR count). The maximum atomic E-state index is 12.9. The van der Waals surface area contributed by atoms with Crippen molar-refractivity contribution < 1.29 is 18.8 Å². The minimum Gasteiger partial charge on any atom is -0.497 e. The van der Waals surface area contributed by atoms with Gasteiger partial charge < -0.3 is 18.9 Å². The van der Waals surface area contributed by atoms with Gasteiger partial charge in [0.15, 0.2) is 0 Å². The standard InChI is InChI=1S/C21H22ClN3O4/c1-27-14-13-25(21(26)16-5-9-18(28-2)10-6-16)12-11-19-23-20(24-29-19)15-3-7-17(22)8-4-15/h3-10H,11-14H2,1-2H3. The zero-order valence-corrected chi connectivity index (χ0v) is 17.1. The van der Waals surface area contributed by atoms with Gasteiger partial charge in [-0.1, -0.05) is 16.8 Å². The summed E-state index contributed by atoms with van der Waals surface area (Å²) < 4.78 is 15.6. The van der Waals surface area contributed by atoms with Gasteiger partial charge in [0, 0.05) is 42.8 Å². The zero-order valence-electron chi connectivity index (χ0n) is 16.3. The van der Waals surface area contributed by atoms with Crippen molar-refractivity contribution in [3.8, 4) is 17.1 Å². The minimum atomic E-state index is -0.0952. The second-order valence-electron chi connectivity index (χ2n) is 6.28. The molecule has 0 fully saturated rings. The van der Waals surface area contributed by atoms with E-state index in [2.05, 4.69) is 10.1 Å². The van der Waals surface area contributed by atoms with E-state index < -0.39 is 0 Å². The molecule has 7 nitrogen and oxygen atoms in total. The average Bonchev–Trinajstić information content (AvgIpc) is 3.23. The van der Waals surface area contributed by atoms with Gasteiger partial charge in [-0.25, -0.2) is 0 Å². The highest BCUT2D eigenvalue weighted by Crippen LogP contribution is 2.19. The van der Waals surface area contributed by atoms with Crippen LogP contribution in [0.2, 0.25) is 5.02 Å². The number of rotatable bonds is 9. The van der Waals surface area contributed by atoms with Crippen LogP contribution in [0.1, 0.15) is 16.2 Å². The highest BCUT2D eigenvalue weighted by Gasteiger charge is 2.17. The summed E-state index contributed by atoms with van der Waals surface area (Å²) in [5, 5.41) is 4.65. The summed E-state index contributed by atoms with van der Waals surface area (Å²) in [4.78, 5) is 19.0. The first-order valence-electron chi connectivity index (χ1n) is 9.11. The van der Waals surface area contributed by atoms with E-state index in [0.29, 0.717) is 54.2 Å². The van der Waals surface area contributed by atoms with Crippen LogP contribution < -0.4 is 4.74 Å². The summed E-state index contributed by atoms with van der Waals surface area (Å²) in [5.41, 5.74) is 1.39. The molecule has 0 radical (unpaired) electrons. The van der Waals surface area contributed by atoms with Crippen LogP contribution in [-0.4, -0.2) is 54.9 Å². The highest BCUT2D eigenvalue weighted by molar-refractivity contribution is 6.30. The number of carbonyl (C=O) groups excluding carboxylic acids is 1. The first-order valence-corrected chi connectivity index (χ1v) is 9.49. The summed E-state index contributed by atoms with van der Waals surface area (Å²) in [7, 11) is 3.19. The van der Waals surface area contributed by atoms with Gasteiger partial charge in [-0.15, -0.1) is 0 Å². The largest absolute Gasteiger partial charge is 0.497 e. The van der Waals surface area contributed by atoms with Crippen LogP contribution in [0.3, 0.4) is 0 Å². The SMILES string of the molecule is COCCN(CCc1nc(-c2ccc(Cl)cc2)no1)C(=O)c1ccc(OC)cc1. The van der Waals surface area contributed by atoms with Gasteiger partial charge in [-0.2, -0.15) is 4.98 Å². The van der Waals surface area contributed by atoms with Gasteiger partial charge >= 0.3 is 0 Å². The summed E-state index contributed by atoms with van der Waals surface area (Å²) in [6.45, 7) is 1.32. The molecule has 0 saturated heterocycles. The van der Waals surface area contributed by atoms with Gasteiger partial charge in [-0.05, 0) is 48.5 Å². The second kappa shape index (κ2) is 10.0. The first kappa shape index (κ1) is 20.8. The molecule has 0 aliphatic rings. The molecular formula is C21H22ClN3O4. The fourth-order valence-electron chi connectivity index (χ4n) is 2.74. The Morgan fingerprint density at radius 2 is 1.79 bits per heavy atom. The molecule has 0 aliphatic carbocycles. The van der Waals surface area contributed by atoms with Crippen molar-refractivity contribution in [1.82, 2.24) is 15.0 Å². The van der Waals surface area contributed by atoms with Crippen LogP contribution in [0.5, 0.6) is 5.75 Å². The van der Waals surface area contributed by atoms with E-state index >= 15 is 0 Å². The van der Waals surface area contributed by atoms with Crippen molar-refractivity contribution in [1.29, 1.82) is 0 Å². The van der Waals surface area contributed by atoms with Crippen LogP contribution in [-0.2, 0) is 11.2 Å². The van der Waals surface area contributed by atoms with E-state index in [1.165, 1.54) is 0 Å². The van der Waals surface area contributed by atoms with E-state index in [4.69, 9.17) is 25.6 Å². The van der Waals surface area contributed by atoms with Gasteiger partial charge in [0.25, 0.3) is 5.91 Å². The van der Waals surface area contributed by atoms with E-state index in [0.717, 1.165) is 5.56 Å². The lowest BCUT2D eigenvalue weighted by Crippen LogP contribution is -2.35. The third-order valence-electron chi connectivity index (χ3n) is 4.36. The Bertz CT molecular complexity index is 926. The Balaban J connectivity index is 1.67. The monoisotopic (exact) mass is 415 g/mol. The Hall–Kier alpha value is -2.90. The fourth-order valence-corrected chi connectivity index (χ4v) is 2.86. The number of aromatic nitrogens is 2.